The van der Waals surface area contributed by atoms with Crippen molar-refractivity contribution in [2.75, 3.05) is 13.1 Å². The second-order valence-electron chi connectivity index (χ2n) is 3.71. The Hall–Kier alpha value is 0.01000. The average molecular weight is 241 g/mol. The zero-order valence-corrected chi connectivity index (χ0v) is 10.00. The molecule has 0 saturated carbocycles. The van der Waals surface area contributed by atoms with Gasteiger partial charge in [0.2, 0.25) is 5.91 Å². The molecule has 2 fully saturated rings. The zero-order valence-electron chi connectivity index (χ0n) is 8.36. The number of nitrogens with one attached hydrogen (secondary N) is 1. The number of rotatable bonds is 2. The van der Waals surface area contributed by atoms with E-state index < -0.39 is 0 Å². The second kappa shape index (κ2) is 5.79. The van der Waals surface area contributed by atoms with E-state index in [-0.39, 0.29) is 24.8 Å². The van der Waals surface area contributed by atoms with Crippen molar-refractivity contribution in [3.8, 4) is 0 Å². The first-order valence-corrected chi connectivity index (χ1v) is 4.85. The maximum atomic E-state index is 11.5. The van der Waals surface area contributed by atoms with Crippen molar-refractivity contribution in [1.82, 2.24) is 10.2 Å². The van der Waals surface area contributed by atoms with E-state index in [9.17, 15) is 4.79 Å². The van der Waals surface area contributed by atoms with E-state index in [1.165, 1.54) is 0 Å². The lowest BCUT2D eigenvalue weighted by atomic mass is 10.1. The summed E-state index contributed by atoms with van der Waals surface area (Å²) in [4.78, 5) is 13.5. The molecule has 0 spiro atoms. The summed E-state index contributed by atoms with van der Waals surface area (Å²) in [6.45, 7) is 4.16. The first kappa shape index (κ1) is 14.0. The molecule has 0 bridgehead atoms. The first-order chi connectivity index (χ1) is 5.83. The number of amides is 1. The van der Waals surface area contributed by atoms with E-state index in [2.05, 4.69) is 17.1 Å². The average Bonchev–Trinajstić information content (AvgIpc) is 2.56. The molecule has 2 atom stereocenters. The lowest BCUT2D eigenvalue weighted by Gasteiger charge is -2.22. The molecule has 1 amide bonds. The lowest BCUT2D eigenvalue weighted by Crippen LogP contribution is -2.36. The van der Waals surface area contributed by atoms with Crippen molar-refractivity contribution in [2.45, 2.75) is 38.3 Å². The van der Waals surface area contributed by atoms with Crippen LogP contribution in [-0.2, 0) is 4.79 Å². The summed E-state index contributed by atoms with van der Waals surface area (Å²) >= 11 is 0. The third kappa shape index (κ3) is 2.33. The van der Waals surface area contributed by atoms with Gasteiger partial charge in [0.15, 0.2) is 0 Å². The van der Waals surface area contributed by atoms with Crippen LogP contribution >= 0.6 is 24.8 Å². The SMILES string of the molecule is CCCN1C(=O)CC2NCCC21.Cl.Cl. The molecule has 0 aromatic carbocycles. The highest BCUT2D eigenvalue weighted by Crippen LogP contribution is 2.25. The van der Waals surface area contributed by atoms with E-state index in [1.807, 2.05) is 0 Å². The van der Waals surface area contributed by atoms with Crippen LogP contribution in [0.2, 0.25) is 0 Å². The summed E-state index contributed by atoms with van der Waals surface area (Å²) in [7, 11) is 0. The largest absolute Gasteiger partial charge is 0.338 e. The smallest absolute Gasteiger partial charge is 0.224 e. The van der Waals surface area contributed by atoms with Gasteiger partial charge in [-0.05, 0) is 19.4 Å². The van der Waals surface area contributed by atoms with Crippen molar-refractivity contribution < 1.29 is 4.79 Å². The molecule has 2 heterocycles. The summed E-state index contributed by atoms with van der Waals surface area (Å²) in [6.07, 6.45) is 2.95. The van der Waals surface area contributed by atoms with Gasteiger partial charge < -0.3 is 10.2 Å². The van der Waals surface area contributed by atoms with Crippen LogP contribution in [0, 0.1) is 0 Å². The molecule has 2 aliphatic rings. The maximum Gasteiger partial charge on any atom is 0.224 e. The third-order valence-corrected chi connectivity index (χ3v) is 2.89. The number of halogens is 2. The van der Waals surface area contributed by atoms with E-state index in [4.69, 9.17) is 0 Å². The summed E-state index contributed by atoms with van der Waals surface area (Å²) < 4.78 is 0. The van der Waals surface area contributed by atoms with Crippen molar-refractivity contribution in [1.29, 1.82) is 0 Å². The minimum absolute atomic E-state index is 0. The lowest BCUT2D eigenvalue weighted by molar-refractivity contribution is -0.129. The molecule has 2 aliphatic heterocycles. The molecule has 1 N–H and O–H groups in total. The first-order valence-electron chi connectivity index (χ1n) is 4.85. The molecule has 5 heteroatoms. The fourth-order valence-corrected chi connectivity index (χ4v) is 2.36. The Kier molecular flexibility index (Phi) is 5.79. The second-order valence-corrected chi connectivity index (χ2v) is 3.71. The topological polar surface area (TPSA) is 32.3 Å². The van der Waals surface area contributed by atoms with Crippen LogP contribution in [0.1, 0.15) is 26.2 Å². The monoisotopic (exact) mass is 240 g/mol. The molecule has 0 aliphatic carbocycles. The minimum atomic E-state index is 0. The Morgan fingerprint density at radius 1 is 1.50 bits per heavy atom. The number of hydrogen-bond donors (Lipinski definition) is 1. The molecule has 0 radical (unpaired) electrons. The number of nitrogens with zero attached hydrogens (tertiary/aromatic N) is 1. The van der Waals surface area contributed by atoms with Gasteiger partial charge in [0.1, 0.15) is 0 Å². The summed E-state index contributed by atoms with van der Waals surface area (Å²) in [5, 5.41) is 3.37. The predicted molar refractivity (Wildman–Crippen MR) is 61.3 cm³/mol. The Labute approximate surface area is 97.4 Å². The van der Waals surface area contributed by atoms with Gasteiger partial charge in [-0.3, -0.25) is 4.79 Å². The standard InChI is InChI=1S/C9H16N2O.2ClH/c1-2-5-11-8-3-4-10-7(8)6-9(11)12;;/h7-8,10H,2-6H2,1H3;2*1H. The number of carbonyl (C=O) groups is 1. The molecular formula is C9H18Cl2N2O. The summed E-state index contributed by atoms with van der Waals surface area (Å²) in [5.41, 5.74) is 0. The van der Waals surface area contributed by atoms with Crippen LogP contribution in [-0.4, -0.2) is 36.0 Å². The highest BCUT2D eigenvalue weighted by atomic mass is 35.5. The zero-order chi connectivity index (χ0) is 8.55. The fraction of sp³-hybridized carbons (Fsp3) is 0.889. The Morgan fingerprint density at radius 2 is 2.21 bits per heavy atom. The van der Waals surface area contributed by atoms with Crippen molar-refractivity contribution in [3.63, 3.8) is 0 Å². The Morgan fingerprint density at radius 3 is 2.86 bits per heavy atom. The fourth-order valence-electron chi connectivity index (χ4n) is 2.36. The van der Waals surface area contributed by atoms with Gasteiger partial charge in [-0.2, -0.15) is 0 Å². The van der Waals surface area contributed by atoms with Gasteiger partial charge in [0.25, 0.3) is 0 Å². The molecule has 84 valence electrons. The number of hydrogen-bond acceptors (Lipinski definition) is 2. The van der Waals surface area contributed by atoms with E-state index in [0.717, 1.165) is 32.4 Å². The predicted octanol–water partition coefficient (Wildman–Crippen LogP) is 1.20. The van der Waals surface area contributed by atoms with E-state index >= 15 is 0 Å². The van der Waals surface area contributed by atoms with Gasteiger partial charge in [0.05, 0.1) is 0 Å². The van der Waals surface area contributed by atoms with Crippen molar-refractivity contribution in [3.05, 3.63) is 0 Å². The summed E-state index contributed by atoms with van der Waals surface area (Å²) in [5.74, 6) is 0.346. The van der Waals surface area contributed by atoms with Crippen LogP contribution in [0.5, 0.6) is 0 Å². The van der Waals surface area contributed by atoms with Gasteiger partial charge in [0, 0.05) is 25.0 Å². The van der Waals surface area contributed by atoms with E-state index in [1.54, 1.807) is 0 Å². The van der Waals surface area contributed by atoms with Crippen LogP contribution in [0.15, 0.2) is 0 Å². The number of carbonyl (C=O) groups excluding carboxylic acids is 1. The van der Waals surface area contributed by atoms with Crippen LogP contribution in [0.4, 0.5) is 0 Å². The van der Waals surface area contributed by atoms with Gasteiger partial charge in [-0.25, -0.2) is 0 Å². The molecular weight excluding hydrogens is 223 g/mol. The highest BCUT2D eigenvalue weighted by Gasteiger charge is 2.41. The molecule has 0 aromatic heterocycles. The molecule has 0 aromatic rings. The Balaban J connectivity index is 0.000000845. The van der Waals surface area contributed by atoms with Crippen LogP contribution in [0.3, 0.4) is 0 Å². The van der Waals surface area contributed by atoms with Crippen LogP contribution < -0.4 is 5.32 Å². The number of fused-ring (bicyclic) bond motifs is 1. The highest BCUT2D eigenvalue weighted by molar-refractivity contribution is 5.85. The maximum absolute atomic E-state index is 11.5. The molecule has 2 saturated heterocycles. The van der Waals surface area contributed by atoms with Gasteiger partial charge >= 0.3 is 0 Å². The molecule has 14 heavy (non-hydrogen) atoms. The molecule has 2 unspecified atom stereocenters. The summed E-state index contributed by atoms with van der Waals surface area (Å²) in [6, 6.07) is 0.974. The van der Waals surface area contributed by atoms with Crippen molar-refractivity contribution >= 4 is 30.7 Å². The third-order valence-electron chi connectivity index (χ3n) is 2.89. The van der Waals surface area contributed by atoms with E-state index in [0.29, 0.717) is 18.0 Å². The van der Waals surface area contributed by atoms with Gasteiger partial charge in [-0.1, -0.05) is 6.92 Å². The minimum Gasteiger partial charge on any atom is -0.338 e. The van der Waals surface area contributed by atoms with Crippen LogP contribution in [0.25, 0.3) is 0 Å². The Bertz CT molecular complexity index is 201. The number of likely N-dealkylation sites (tertiary alicyclic amines) is 1. The molecule has 2 rings (SSSR count). The van der Waals surface area contributed by atoms with Crippen molar-refractivity contribution in [2.24, 2.45) is 0 Å². The van der Waals surface area contributed by atoms with Gasteiger partial charge in [-0.15, -0.1) is 24.8 Å². The quantitative estimate of drug-likeness (QED) is 0.788. The normalized spacial score (nSPS) is 29.5. The molecule has 3 nitrogen and oxygen atoms in total.